The average Bonchev–Trinajstić information content (AvgIpc) is 2.80. The zero-order chi connectivity index (χ0) is 12.4. The molecule has 0 aliphatic heterocycles. The fourth-order valence-corrected chi connectivity index (χ4v) is 2.39. The number of nitrogens with zero attached hydrogens (tertiary/aromatic N) is 1. The lowest BCUT2D eigenvalue weighted by atomic mass is 10.0. The number of H-pyrrole nitrogens is 1. The van der Waals surface area contributed by atoms with Gasteiger partial charge in [0.05, 0.1) is 12.2 Å². The van der Waals surface area contributed by atoms with E-state index in [9.17, 15) is 0 Å². The lowest BCUT2D eigenvalue weighted by molar-refractivity contribution is -0.366. The maximum atomic E-state index is 4.20. The van der Waals surface area contributed by atoms with Crippen molar-refractivity contribution in [3.8, 4) is 11.3 Å². The Morgan fingerprint density at radius 2 is 2.00 bits per heavy atom. The summed E-state index contributed by atoms with van der Waals surface area (Å²) >= 11 is 0. The van der Waals surface area contributed by atoms with Gasteiger partial charge in [-0.2, -0.15) is 0 Å². The molecular weight excluding hydrogens is 222 g/mol. The Balaban J connectivity index is 2.25. The van der Waals surface area contributed by atoms with E-state index in [1.807, 2.05) is 12.3 Å². The van der Waals surface area contributed by atoms with Crippen LogP contribution in [-0.2, 0) is 6.42 Å². The summed E-state index contributed by atoms with van der Waals surface area (Å²) < 4.78 is 0. The maximum absolute atomic E-state index is 4.20. The Morgan fingerprint density at radius 3 is 2.78 bits per heavy atom. The number of quaternary nitrogens is 1. The van der Waals surface area contributed by atoms with Gasteiger partial charge in [-0.3, -0.25) is 4.98 Å². The molecule has 0 saturated heterocycles. The van der Waals surface area contributed by atoms with Gasteiger partial charge in [-0.15, -0.1) is 0 Å². The van der Waals surface area contributed by atoms with E-state index in [1.165, 1.54) is 22.2 Å². The van der Waals surface area contributed by atoms with Crippen LogP contribution in [0.1, 0.15) is 5.56 Å². The first-order valence-electron chi connectivity index (χ1n) is 6.19. The summed E-state index contributed by atoms with van der Waals surface area (Å²) in [6.45, 7) is 0.898. The highest BCUT2D eigenvalue weighted by Gasteiger charge is 2.12. The summed E-state index contributed by atoms with van der Waals surface area (Å²) in [5, 5.41) is 1.29. The molecule has 0 aliphatic carbocycles. The number of nitrogens with one attached hydrogen (secondary N) is 1. The van der Waals surface area contributed by atoms with Crippen LogP contribution < -0.4 is 5.73 Å². The van der Waals surface area contributed by atoms with E-state index >= 15 is 0 Å². The lowest BCUT2D eigenvalue weighted by Gasteiger charge is -2.02. The predicted octanol–water partition coefficient (Wildman–Crippen LogP) is 2.01. The van der Waals surface area contributed by atoms with Gasteiger partial charge in [0.2, 0.25) is 0 Å². The molecule has 0 bridgehead atoms. The number of fused-ring (bicyclic) bond motifs is 1. The first-order valence-corrected chi connectivity index (χ1v) is 6.19. The molecule has 1 aromatic carbocycles. The summed E-state index contributed by atoms with van der Waals surface area (Å²) in [4.78, 5) is 7.69. The normalized spacial score (nSPS) is 10.9. The third-order valence-electron chi connectivity index (χ3n) is 3.19. The monoisotopic (exact) mass is 238 g/mol. The molecule has 0 saturated carbocycles. The molecule has 0 amide bonds. The van der Waals surface area contributed by atoms with E-state index in [0.29, 0.717) is 0 Å². The molecule has 0 unspecified atom stereocenters. The number of aromatic amines is 1. The van der Waals surface area contributed by atoms with Crippen LogP contribution in [0.3, 0.4) is 0 Å². The van der Waals surface area contributed by atoms with E-state index in [-0.39, 0.29) is 0 Å². The van der Waals surface area contributed by atoms with Gasteiger partial charge in [-0.25, -0.2) is 0 Å². The van der Waals surface area contributed by atoms with Gasteiger partial charge >= 0.3 is 0 Å². The number of rotatable bonds is 3. The van der Waals surface area contributed by atoms with Crippen LogP contribution in [0, 0.1) is 0 Å². The molecule has 4 N–H and O–H groups in total. The van der Waals surface area contributed by atoms with Crippen LogP contribution >= 0.6 is 0 Å². The smallest absolute Gasteiger partial charge is 0.0781 e. The number of hydrogen-bond acceptors (Lipinski definition) is 1. The molecule has 0 fully saturated rings. The summed E-state index contributed by atoms with van der Waals surface area (Å²) in [7, 11) is 0. The molecule has 3 rings (SSSR count). The topological polar surface area (TPSA) is 56.3 Å². The van der Waals surface area contributed by atoms with Gasteiger partial charge in [0.1, 0.15) is 0 Å². The Kier molecular flexibility index (Phi) is 2.82. The second kappa shape index (κ2) is 4.63. The van der Waals surface area contributed by atoms with Crippen LogP contribution in [0.15, 0.2) is 48.8 Å². The van der Waals surface area contributed by atoms with Gasteiger partial charge in [0.25, 0.3) is 0 Å². The zero-order valence-electron chi connectivity index (χ0n) is 10.2. The Morgan fingerprint density at radius 1 is 1.11 bits per heavy atom. The van der Waals surface area contributed by atoms with Gasteiger partial charge in [0, 0.05) is 35.3 Å². The predicted molar refractivity (Wildman–Crippen MR) is 73.0 cm³/mol. The number of pyridine rings is 1. The Bertz CT molecular complexity index is 656. The van der Waals surface area contributed by atoms with Crippen molar-refractivity contribution in [2.75, 3.05) is 6.54 Å². The third-order valence-corrected chi connectivity index (χ3v) is 3.19. The van der Waals surface area contributed by atoms with Crippen molar-refractivity contribution in [1.82, 2.24) is 9.97 Å². The van der Waals surface area contributed by atoms with E-state index in [2.05, 4.69) is 46.0 Å². The van der Waals surface area contributed by atoms with Crippen molar-refractivity contribution >= 4 is 10.9 Å². The van der Waals surface area contributed by atoms with Crippen LogP contribution in [0.2, 0.25) is 0 Å². The largest absolute Gasteiger partial charge is 0.357 e. The summed E-state index contributed by atoms with van der Waals surface area (Å²) in [5.74, 6) is 0. The SMILES string of the molecule is [NH3+]CCc1c(-c2cccnc2)[nH]c2ccccc12. The van der Waals surface area contributed by atoms with Gasteiger partial charge in [-0.05, 0) is 23.8 Å². The van der Waals surface area contributed by atoms with Gasteiger partial charge in [-0.1, -0.05) is 18.2 Å². The van der Waals surface area contributed by atoms with Crippen molar-refractivity contribution in [2.45, 2.75) is 6.42 Å². The highest BCUT2D eigenvalue weighted by molar-refractivity contribution is 5.90. The number of para-hydroxylation sites is 1. The molecular formula is C15H16N3+. The van der Waals surface area contributed by atoms with Crippen molar-refractivity contribution in [3.63, 3.8) is 0 Å². The molecule has 90 valence electrons. The number of benzene rings is 1. The molecule has 3 nitrogen and oxygen atoms in total. The van der Waals surface area contributed by atoms with E-state index in [0.717, 1.165) is 18.5 Å². The van der Waals surface area contributed by atoms with Gasteiger partial charge in [0.15, 0.2) is 0 Å². The fraction of sp³-hybridized carbons (Fsp3) is 0.133. The molecule has 2 aromatic heterocycles. The molecule has 0 spiro atoms. The van der Waals surface area contributed by atoms with Crippen LogP contribution in [-0.4, -0.2) is 16.5 Å². The average molecular weight is 238 g/mol. The first-order chi connectivity index (χ1) is 8.90. The minimum Gasteiger partial charge on any atom is -0.357 e. The fourth-order valence-electron chi connectivity index (χ4n) is 2.39. The first kappa shape index (κ1) is 11.0. The standard InChI is InChI=1S/C15H15N3/c16-8-7-13-12-5-1-2-6-14(12)18-15(13)11-4-3-9-17-10-11/h1-6,9-10,18H,7-8,16H2/p+1. The Labute approximate surface area is 106 Å². The Hall–Kier alpha value is -2.13. The molecule has 3 heteroatoms. The van der Waals surface area contributed by atoms with Crippen molar-refractivity contribution in [3.05, 3.63) is 54.4 Å². The number of hydrogen-bond donors (Lipinski definition) is 2. The molecule has 0 aliphatic rings. The molecule has 0 atom stereocenters. The van der Waals surface area contributed by atoms with E-state index in [1.54, 1.807) is 6.20 Å². The van der Waals surface area contributed by atoms with Crippen LogP contribution in [0.25, 0.3) is 22.2 Å². The minimum atomic E-state index is 0.898. The quantitative estimate of drug-likeness (QED) is 0.720. The summed E-state index contributed by atoms with van der Waals surface area (Å²) in [6, 6.07) is 12.5. The maximum Gasteiger partial charge on any atom is 0.0781 e. The van der Waals surface area contributed by atoms with Crippen molar-refractivity contribution < 1.29 is 5.73 Å². The van der Waals surface area contributed by atoms with Crippen LogP contribution in [0.5, 0.6) is 0 Å². The van der Waals surface area contributed by atoms with Gasteiger partial charge < -0.3 is 10.7 Å². The second-order valence-electron chi connectivity index (χ2n) is 4.37. The van der Waals surface area contributed by atoms with E-state index < -0.39 is 0 Å². The zero-order valence-corrected chi connectivity index (χ0v) is 10.2. The highest BCUT2D eigenvalue weighted by Crippen LogP contribution is 2.29. The second-order valence-corrected chi connectivity index (χ2v) is 4.37. The molecule has 3 aromatic rings. The summed E-state index contributed by atoms with van der Waals surface area (Å²) in [5.41, 5.74) is 8.80. The molecule has 2 heterocycles. The highest BCUT2D eigenvalue weighted by atomic mass is 14.7. The third kappa shape index (κ3) is 1.79. The minimum absolute atomic E-state index is 0.898. The van der Waals surface area contributed by atoms with Crippen molar-refractivity contribution in [2.24, 2.45) is 0 Å². The summed E-state index contributed by atoms with van der Waals surface area (Å²) in [6.07, 6.45) is 4.68. The van der Waals surface area contributed by atoms with Crippen LogP contribution in [0.4, 0.5) is 0 Å². The van der Waals surface area contributed by atoms with E-state index in [4.69, 9.17) is 0 Å². The molecule has 0 radical (unpaired) electrons. The lowest BCUT2D eigenvalue weighted by Crippen LogP contribution is -2.51. The number of aromatic nitrogens is 2. The van der Waals surface area contributed by atoms with Crippen molar-refractivity contribution in [1.29, 1.82) is 0 Å². The molecule has 18 heavy (non-hydrogen) atoms.